The SMILES string of the molecule is O=C(Cl)N1CCCC(F)C1. The lowest BCUT2D eigenvalue weighted by Crippen LogP contribution is -2.37. The first-order valence-corrected chi connectivity index (χ1v) is 3.66. The van der Waals surface area contributed by atoms with Crippen molar-refractivity contribution in [2.24, 2.45) is 0 Å². The second kappa shape index (κ2) is 3.19. The van der Waals surface area contributed by atoms with Gasteiger partial charge in [0.05, 0.1) is 6.54 Å². The number of carbonyl (C=O) groups is 1. The fourth-order valence-corrected chi connectivity index (χ4v) is 1.24. The molecular formula is C6H9ClFNO. The number of rotatable bonds is 0. The highest BCUT2D eigenvalue weighted by Gasteiger charge is 2.21. The van der Waals surface area contributed by atoms with E-state index < -0.39 is 11.5 Å². The van der Waals surface area contributed by atoms with Crippen molar-refractivity contribution in [1.29, 1.82) is 0 Å². The van der Waals surface area contributed by atoms with E-state index in [4.69, 9.17) is 11.6 Å². The normalized spacial score (nSPS) is 26.6. The van der Waals surface area contributed by atoms with Gasteiger partial charge in [-0.05, 0) is 24.4 Å². The van der Waals surface area contributed by atoms with Crippen LogP contribution in [0.2, 0.25) is 0 Å². The molecule has 1 aliphatic heterocycles. The van der Waals surface area contributed by atoms with Gasteiger partial charge in [0, 0.05) is 6.54 Å². The van der Waals surface area contributed by atoms with E-state index in [0.717, 1.165) is 6.42 Å². The molecule has 0 aliphatic carbocycles. The minimum Gasteiger partial charge on any atom is -0.326 e. The third kappa shape index (κ3) is 1.84. The van der Waals surface area contributed by atoms with Crippen molar-refractivity contribution in [3.05, 3.63) is 0 Å². The van der Waals surface area contributed by atoms with E-state index in [1.807, 2.05) is 0 Å². The Bertz CT molecular complexity index is 142. The quantitative estimate of drug-likeness (QED) is 0.396. The molecule has 1 amide bonds. The molecule has 1 aliphatic rings. The topological polar surface area (TPSA) is 20.3 Å². The van der Waals surface area contributed by atoms with Crippen LogP contribution in [0.15, 0.2) is 0 Å². The molecule has 1 unspecified atom stereocenters. The zero-order valence-electron chi connectivity index (χ0n) is 5.52. The van der Waals surface area contributed by atoms with E-state index >= 15 is 0 Å². The van der Waals surface area contributed by atoms with Crippen LogP contribution in [0, 0.1) is 0 Å². The van der Waals surface area contributed by atoms with Crippen LogP contribution in [0.25, 0.3) is 0 Å². The van der Waals surface area contributed by atoms with Crippen LogP contribution >= 0.6 is 11.6 Å². The number of alkyl halides is 1. The minimum atomic E-state index is -0.878. The molecule has 0 N–H and O–H groups in total. The fraction of sp³-hybridized carbons (Fsp3) is 0.833. The average molecular weight is 166 g/mol. The molecule has 1 saturated heterocycles. The number of nitrogens with zero attached hydrogens (tertiary/aromatic N) is 1. The first kappa shape index (κ1) is 7.79. The molecule has 10 heavy (non-hydrogen) atoms. The van der Waals surface area contributed by atoms with Gasteiger partial charge in [-0.15, -0.1) is 0 Å². The van der Waals surface area contributed by atoms with E-state index in [0.29, 0.717) is 13.0 Å². The third-order valence-electron chi connectivity index (χ3n) is 1.61. The van der Waals surface area contributed by atoms with Gasteiger partial charge in [0.1, 0.15) is 6.17 Å². The molecule has 0 aromatic heterocycles. The standard InChI is InChI=1S/C6H9ClFNO/c7-6(10)9-3-1-2-5(8)4-9/h5H,1-4H2. The van der Waals surface area contributed by atoms with Crippen LogP contribution in [0.1, 0.15) is 12.8 Å². The number of piperidine rings is 1. The highest BCUT2D eigenvalue weighted by molar-refractivity contribution is 6.62. The summed E-state index contributed by atoms with van der Waals surface area (Å²) in [5.74, 6) is 0. The predicted molar refractivity (Wildman–Crippen MR) is 37.0 cm³/mol. The molecular weight excluding hydrogens is 157 g/mol. The van der Waals surface area contributed by atoms with E-state index in [9.17, 15) is 9.18 Å². The molecule has 0 aromatic carbocycles. The monoisotopic (exact) mass is 165 g/mol. The zero-order valence-corrected chi connectivity index (χ0v) is 6.27. The predicted octanol–water partition coefficient (Wildman–Crippen LogP) is 1.78. The van der Waals surface area contributed by atoms with E-state index in [-0.39, 0.29) is 6.54 Å². The second-order valence-corrected chi connectivity index (χ2v) is 2.76. The maximum absolute atomic E-state index is 12.5. The first-order chi connectivity index (χ1) is 4.70. The summed E-state index contributed by atoms with van der Waals surface area (Å²) in [7, 11) is 0. The Morgan fingerprint density at radius 2 is 2.40 bits per heavy atom. The van der Waals surface area contributed by atoms with Crippen molar-refractivity contribution in [1.82, 2.24) is 4.90 Å². The minimum absolute atomic E-state index is 0.169. The molecule has 0 bridgehead atoms. The summed E-state index contributed by atoms with van der Waals surface area (Å²) >= 11 is 5.14. The number of halogens is 2. The lowest BCUT2D eigenvalue weighted by atomic mass is 10.1. The van der Waals surface area contributed by atoms with Crippen molar-refractivity contribution in [2.45, 2.75) is 19.0 Å². The number of hydrogen-bond donors (Lipinski definition) is 0. The van der Waals surface area contributed by atoms with Crippen molar-refractivity contribution in [2.75, 3.05) is 13.1 Å². The Morgan fingerprint density at radius 3 is 2.80 bits per heavy atom. The molecule has 58 valence electrons. The summed E-state index contributed by atoms with van der Waals surface area (Å²) in [4.78, 5) is 11.8. The van der Waals surface area contributed by atoms with Crippen LogP contribution in [-0.4, -0.2) is 29.5 Å². The van der Waals surface area contributed by atoms with Gasteiger partial charge in [0.25, 0.3) is 0 Å². The number of amides is 1. The smallest absolute Gasteiger partial charge is 0.316 e. The van der Waals surface area contributed by atoms with Crippen LogP contribution in [0.4, 0.5) is 9.18 Å². The largest absolute Gasteiger partial charge is 0.326 e. The summed E-state index contributed by atoms with van der Waals surface area (Å²) in [6, 6.07) is 0. The van der Waals surface area contributed by atoms with Gasteiger partial charge in [-0.1, -0.05) is 0 Å². The summed E-state index contributed by atoms with van der Waals surface area (Å²) < 4.78 is 12.5. The Hall–Kier alpha value is -0.310. The van der Waals surface area contributed by atoms with Crippen molar-refractivity contribution in [3.63, 3.8) is 0 Å². The average Bonchev–Trinajstić information content (AvgIpc) is 1.88. The van der Waals surface area contributed by atoms with Gasteiger partial charge in [-0.25, -0.2) is 4.39 Å². The highest BCUT2D eigenvalue weighted by Crippen LogP contribution is 2.13. The van der Waals surface area contributed by atoms with Gasteiger partial charge in [0.15, 0.2) is 0 Å². The number of hydrogen-bond acceptors (Lipinski definition) is 1. The summed E-state index contributed by atoms with van der Waals surface area (Å²) in [6.07, 6.45) is 0.400. The van der Waals surface area contributed by atoms with Crippen LogP contribution in [-0.2, 0) is 0 Å². The zero-order chi connectivity index (χ0) is 7.56. The molecule has 4 heteroatoms. The Morgan fingerprint density at radius 1 is 1.70 bits per heavy atom. The molecule has 1 atom stereocenters. The Balaban J connectivity index is 2.39. The van der Waals surface area contributed by atoms with E-state index in [1.165, 1.54) is 4.90 Å². The van der Waals surface area contributed by atoms with Crippen molar-refractivity contribution >= 4 is 17.0 Å². The third-order valence-corrected chi connectivity index (χ3v) is 1.85. The van der Waals surface area contributed by atoms with Crippen molar-refractivity contribution in [3.8, 4) is 0 Å². The van der Waals surface area contributed by atoms with Gasteiger partial charge in [0.2, 0.25) is 0 Å². The Labute approximate surface area is 63.9 Å². The molecule has 2 nitrogen and oxygen atoms in total. The van der Waals surface area contributed by atoms with E-state index in [1.54, 1.807) is 0 Å². The maximum Gasteiger partial charge on any atom is 0.316 e. The lowest BCUT2D eigenvalue weighted by Gasteiger charge is -2.26. The number of likely N-dealkylation sites (tertiary alicyclic amines) is 1. The fourth-order valence-electron chi connectivity index (χ4n) is 1.09. The van der Waals surface area contributed by atoms with Crippen molar-refractivity contribution < 1.29 is 9.18 Å². The first-order valence-electron chi connectivity index (χ1n) is 3.28. The molecule has 1 rings (SSSR count). The maximum atomic E-state index is 12.5. The van der Waals surface area contributed by atoms with Crippen LogP contribution in [0.5, 0.6) is 0 Å². The molecule has 0 radical (unpaired) electrons. The van der Waals surface area contributed by atoms with Gasteiger partial charge in [-0.2, -0.15) is 0 Å². The summed E-state index contributed by atoms with van der Waals surface area (Å²) in [5.41, 5.74) is 0. The second-order valence-electron chi connectivity index (χ2n) is 2.44. The lowest BCUT2D eigenvalue weighted by molar-refractivity contribution is 0.159. The molecule has 0 aromatic rings. The molecule has 1 heterocycles. The number of carbonyl (C=O) groups excluding carboxylic acids is 1. The van der Waals surface area contributed by atoms with Crippen LogP contribution in [0.3, 0.4) is 0 Å². The summed E-state index contributed by atoms with van der Waals surface area (Å²) in [6.45, 7) is 0.769. The van der Waals surface area contributed by atoms with Gasteiger partial charge < -0.3 is 4.90 Å². The highest BCUT2D eigenvalue weighted by atomic mass is 35.5. The molecule has 1 fully saturated rings. The van der Waals surface area contributed by atoms with Gasteiger partial charge in [-0.3, -0.25) is 4.79 Å². The van der Waals surface area contributed by atoms with E-state index in [2.05, 4.69) is 0 Å². The molecule has 0 saturated carbocycles. The van der Waals surface area contributed by atoms with Crippen LogP contribution < -0.4 is 0 Å². The summed E-state index contributed by atoms with van der Waals surface area (Å²) in [5, 5.41) is -0.539. The van der Waals surface area contributed by atoms with Gasteiger partial charge >= 0.3 is 5.37 Å². The molecule has 0 spiro atoms. The Kier molecular flexibility index (Phi) is 2.49.